The van der Waals surface area contributed by atoms with Crippen LogP contribution in [0.3, 0.4) is 0 Å². The van der Waals surface area contributed by atoms with Gasteiger partial charge in [0.15, 0.2) is 0 Å². The predicted octanol–water partition coefficient (Wildman–Crippen LogP) is 14.4. The summed E-state index contributed by atoms with van der Waals surface area (Å²) in [4.78, 5) is 2.61. The van der Waals surface area contributed by atoms with Gasteiger partial charge >= 0.3 is 0 Å². The van der Waals surface area contributed by atoms with Crippen LogP contribution in [0.25, 0.3) is 44.2 Å². The Kier molecular flexibility index (Phi) is 7.16. The lowest BCUT2D eigenvalue weighted by atomic mass is 9.48. The number of fused-ring (bicyclic) bond motifs is 4. The van der Waals surface area contributed by atoms with Crippen molar-refractivity contribution in [2.45, 2.75) is 63.2 Å². The summed E-state index contributed by atoms with van der Waals surface area (Å²) < 4.78 is 0. The fraction of sp³-hybridized carbons (Fsp3) is 0.245. The smallest absolute Gasteiger partial charge is 0.0499 e. The van der Waals surface area contributed by atoms with Crippen LogP contribution in [0, 0.1) is 17.8 Å². The van der Waals surface area contributed by atoms with Crippen molar-refractivity contribution in [3.63, 3.8) is 0 Å². The Morgan fingerprint density at radius 3 is 1.67 bits per heavy atom. The fourth-order valence-corrected chi connectivity index (χ4v) is 12.0. The quantitative estimate of drug-likeness (QED) is 0.167. The zero-order chi connectivity index (χ0) is 36.0. The fourth-order valence-electron chi connectivity index (χ4n) is 12.0. The van der Waals surface area contributed by atoms with Gasteiger partial charge in [0.05, 0.1) is 0 Å². The highest BCUT2D eigenvalue weighted by Gasteiger charge is 2.52. The molecule has 0 spiro atoms. The average molecular weight is 698 g/mol. The number of nitrogens with zero attached hydrogens (tertiary/aromatic N) is 1. The molecule has 5 aliphatic carbocycles. The molecule has 0 heterocycles. The van der Waals surface area contributed by atoms with Crippen molar-refractivity contribution >= 4 is 27.8 Å². The number of hydrogen-bond acceptors (Lipinski definition) is 1. The summed E-state index contributed by atoms with van der Waals surface area (Å²) in [6.07, 6.45) is 8.40. The molecule has 5 aliphatic rings. The Hall–Kier alpha value is -5.40. The monoisotopic (exact) mass is 697 g/mol. The molecule has 7 aromatic rings. The minimum absolute atomic E-state index is 0.0677. The minimum Gasteiger partial charge on any atom is -0.310 e. The lowest BCUT2D eigenvalue weighted by molar-refractivity contribution is -0.00491. The molecule has 0 radical (unpaired) electrons. The van der Waals surface area contributed by atoms with E-state index in [1.165, 1.54) is 111 Å². The third-order valence-corrected chi connectivity index (χ3v) is 14.0. The second kappa shape index (κ2) is 12.1. The van der Waals surface area contributed by atoms with Crippen molar-refractivity contribution in [1.29, 1.82) is 0 Å². The molecule has 264 valence electrons. The van der Waals surface area contributed by atoms with Gasteiger partial charge in [-0.05, 0) is 153 Å². The molecule has 12 rings (SSSR count). The summed E-state index contributed by atoms with van der Waals surface area (Å²) in [5.41, 5.74) is 16.2. The van der Waals surface area contributed by atoms with Gasteiger partial charge in [-0.25, -0.2) is 0 Å². The average Bonchev–Trinajstić information content (AvgIpc) is 3.43. The maximum Gasteiger partial charge on any atom is 0.0499 e. The van der Waals surface area contributed by atoms with Gasteiger partial charge in [0, 0.05) is 22.5 Å². The van der Waals surface area contributed by atoms with Crippen LogP contribution >= 0.6 is 0 Å². The third-order valence-electron chi connectivity index (χ3n) is 14.0. The normalized spacial score (nSPS) is 23.0. The van der Waals surface area contributed by atoms with E-state index in [-0.39, 0.29) is 10.8 Å². The zero-order valence-corrected chi connectivity index (χ0v) is 31.4. The van der Waals surface area contributed by atoms with E-state index in [0.717, 1.165) is 17.8 Å². The van der Waals surface area contributed by atoms with E-state index >= 15 is 0 Å². The first-order chi connectivity index (χ1) is 26.4. The van der Waals surface area contributed by atoms with E-state index in [9.17, 15) is 0 Å². The summed E-state index contributed by atoms with van der Waals surface area (Å²) in [5, 5.41) is 2.58. The van der Waals surface area contributed by atoms with Crippen LogP contribution in [-0.4, -0.2) is 0 Å². The lowest BCUT2D eigenvalue weighted by Gasteiger charge is -2.57. The predicted molar refractivity (Wildman–Crippen MR) is 227 cm³/mol. The van der Waals surface area contributed by atoms with Gasteiger partial charge in [-0.3, -0.25) is 0 Å². The van der Waals surface area contributed by atoms with E-state index in [1.807, 2.05) is 0 Å². The number of hydrogen-bond donors (Lipinski definition) is 0. The Morgan fingerprint density at radius 2 is 0.981 bits per heavy atom. The third kappa shape index (κ3) is 4.90. The van der Waals surface area contributed by atoms with Crippen LogP contribution in [0.15, 0.2) is 158 Å². The van der Waals surface area contributed by atoms with E-state index in [1.54, 1.807) is 5.56 Å². The van der Waals surface area contributed by atoms with Crippen molar-refractivity contribution in [2.24, 2.45) is 17.8 Å². The Bertz CT molecular complexity index is 2520. The van der Waals surface area contributed by atoms with Gasteiger partial charge in [0.2, 0.25) is 0 Å². The van der Waals surface area contributed by atoms with Crippen LogP contribution in [-0.2, 0) is 10.8 Å². The molecule has 0 saturated heterocycles. The standard InChI is InChI=1S/C53H47N/c1-52(2)47-19-7-6-16-45(47)46-27-26-42(31-49(46)52)54(50-21-9-8-20-48(50)53-32-35-28-36(33-53)30-37(29-35)34-53)41-24-22-39(23-25-41)44-18-11-15-40-14-10-17-43(51(40)44)38-12-4-3-5-13-38/h3-27,31,35-37H,28-30,32-34H2,1-2H3. The number of rotatable bonds is 6. The van der Waals surface area contributed by atoms with E-state index in [0.29, 0.717) is 0 Å². The highest BCUT2D eigenvalue weighted by molar-refractivity contribution is 6.06. The maximum absolute atomic E-state index is 2.61. The van der Waals surface area contributed by atoms with Crippen molar-refractivity contribution in [3.05, 3.63) is 174 Å². The first kappa shape index (κ1) is 32.1. The van der Waals surface area contributed by atoms with Gasteiger partial charge in [0.25, 0.3) is 0 Å². The Morgan fingerprint density at radius 1 is 0.444 bits per heavy atom. The van der Waals surface area contributed by atoms with Crippen LogP contribution in [0.1, 0.15) is 69.1 Å². The molecule has 1 nitrogen and oxygen atoms in total. The second-order valence-corrected chi connectivity index (χ2v) is 17.6. The van der Waals surface area contributed by atoms with E-state index in [4.69, 9.17) is 0 Å². The molecule has 4 saturated carbocycles. The Balaban J connectivity index is 1.08. The first-order valence-electron chi connectivity index (χ1n) is 20.3. The zero-order valence-electron chi connectivity index (χ0n) is 31.4. The Labute approximate surface area is 320 Å². The van der Waals surface area contributed by atoms with Gasteiger partial charge in [-0.2, -0.15) is 0 Å². The summed E-state index contributed by atoms with van der Waals surface area (Å²) in [6, 6.07) is 59.6. The molecule has 54 heavy (non-hydrogen) atoms. The number of anilines is 3. The molecule has 7 aromatic carbocycles. The molecular weight excluding hydrogens is 651 g/mol. The van der Waals surface area contributed by atoms with Gasteiger partial charge < -0.3 is 4.90 Å². The van der Waals surface area contributed by atoms with Crippen LogP contribution in [0.4, 0.5) is 17.1 Å². The van der Waals surface area contributed by atoms with Crippen molar-refractivity contribution in [1.82, 2.24) is 0 Å². The number of para-hydroxylation sites is 1. The molecule has 0 aromatic heterocycles. The summed E-state index contributed by atoms with van der Waals surface area (Å²) >= 11 is 0. The molecule has 4 bridgehead atoms. The van der Waals surface area contributed by atoms with Crippen molar-refractivity contribution < 1.29 is 0 Å². The highest BCUT2D eigenvalue weighted by atomic mass is 15.1. The highest BCUT2D eigenvalue weighted by Crippen LogP contribution is 2.62. The minimum atomic E-state index is -0.0677. The summed E-state index contributed by atoms with van der Waals surface area (Å²) in [5.74, 6) is 2.66. The van der Waals surface area contributed by atoms with Gasteiger partial charge in [-0.15, -0.1) is 0 Å². The molecule has 0 amide bonds. The largest absolute Gasteiger partial charge is 0.310 e. The topological polar surface area (TPSA) is 3.24 Å². The SMILES string of the molecule is CC1(C)c2ccccc2-c2ccc(N(c3ccc(-c4cccc5cccc(-c6ccccc6)c45)cc3)c3ccccc3C34CC5CC(CC(C5)C3)C4)cc21. The summed E-state index contributed by atoms with van der Waals surface area (Å²) in [6.45, 7) is 4.80. The molecule has 1 heteroatoms. The molecule has 4 fully saturated rings. The molecule has 0 aliphatic heterocycles. The van der Waals surface area contributed by atoms with Crippen LogP contribution < -0.4 is 4.90 Å². The molecule has 0 unspecified atom stereocenters. The number of benzene rings is 7. The summed E-state index contributed by atoms with van der Waals surface area (Å²) in [7, 11) is 0. The maximum atomic E-state index is 2.61. The molecule has 0 N–H and O–H groups in total. The first-order valence-corrected chi connectivity index (χ1v) is 20.3. The molecule has 0 atom stereocenters. The van der Waals surface area contributed by atoms with Crippen LogP contribution in [0.5, 0.6) is 0 Å². The van der Waals surface area contributed by atoms with Crippen LogP contribution in [0.2, 0.25) is 0 Å². The van der Waals surface area contributed by atoms with E-state index in [2.05, 4.69) is 176 Å². The van der Waals surface area contributed by atoms with E-state index < -0.39 is 0 Å². The molecular formula is C53H47N. The van der Waals surface area contributed by atoms with Gasteiger partial charge in [0.1, 0.15) is 0 Å². The lowest BCUT2D eigenvalue weighted by Crippen LogP contribution is -2.48. The van der Waals surface area contributed by atoms with Crippen molar-refractivity contribution in [2.75, 3.05) is 4.90 Å². The second-order valence-electron chi connectivity index (χ2n) is 17.6. The van der Waals surface area contributed by atoms with Gasteiger partial charge in [-0.1, -0.05) is 141 Å². The van der Waals surface area contributed by atoms with Crippen molar-refractivity contribution in [3.8, 4) is 33.4 Å².